The number of amidine groups is 1. The molecular weight excluding hydrogens is 196 g/mol. The highest BCUT2D eigenvalue weighted by molar-refractivity contribution is 5.95. The average molecular weight is 210 g/mol. The highest BCUT2D eigenvalue weighted by atomic mass is 16.7. The van der Waals surface area contributed by atoms with Crippen LogP contribution in [0, 0.1) is 0 Å². The molecular formula is C10H14N2O3. The topological polar surface area (TPSA) is 62.1 Å². The van der Waals surface area contributed by atoms with Gasteiger partial charge in [0.25, 0.3) is 0 Å². The minimum Gasteiger partial charge on any atom is -0.481 e. The molecule has 0 bridgehead atoms. The van der Waals surface area contributed by atoms with Crippen LogP contribution in [-0.4, -0.2) is 34.6 Å². The summed E-state index contributed by atoms with van der Waals surface area (Å²) in [7, 11) is 0. The van der Waals surface area contributed by atoms with E-state index in [9.17, 15) is 4.79 Å². The Morgan fingerprint density at radius 1 is 1.67 bits per heavy atom. The summed E-state index contributed by atoms with van der Waals surface area (Å²) in [4.78, 5) is 17.4. The molecule has 1 unspecified atom stereocenters. The summed E-state index contributed by atoms with van der Waals surface area (Å²) < 4.78 is 0. The summed E-state index contributed by atoms with van der Waals surface area (Å²) in [5, 5.41) is 12.4. The summed E-state index contributed by atoms with van der Waals surface area (Å²) in [6, 6.07) is 0.333. The van der Waals surface area contributed by atoms with Gasteiger partial charge in [0.2, 0.25) is 0 Å². The second-order valence-corrected chi connectivity index (χ2v) is 3.74. The molecule has 0 aromatic carbocycles. The van der Waals surface area contributed by atoms with E-state index in [1.807, 2.05) is 6.08 Å². The molecule has 0 fully saturated rings. The summed E-state index contributed by atoms with van der Waals surface area (Å²) >= 11 is 0. The maximum atomic E-state index is 10.3. The van der Waals surface area contributed by atoms with Crippen molar-refractivity contribution in [1.82, 2.24) is 4.90 Å². The van der Waals surface area contributed by atoms with Gasteiger partial charge >= 0.3 is 5.97 Å². The van der Waals surface area contributed by atoms with Gasteiger partial charge in [0, 0.05) is 6.42 Å². The monoisotopic (exact) mass is 210 g/mol. The van der Waals surface area contributed by atoms with Crippen molar-refractivity contribution < 1.29 is 14.7 Å². The second kappa shape index (κ2) is 4.33. The number of nitrogens with zero attached hydrogens (tertiary/aromatic N) is 2. The molecule has 0 aliphatic carbocycles. The molecule has 0 amide bonds. The summed E-state index contributed by atoms with van der Waals surface area (Å²) in [6.07, 6.45) is 6.93. The van der Waals surface area contributed by atoms with E-state index in [4.69, 9.17) is 9.94 Å². The van der Waals surface area contributed by atoms with Crippen molar-refractivity contribution in [3.05, 3.63) is 12.2 Å². The third-order valence-corrected chi connectivity index (χ3v) is 2.66. The predicted molar refractivity (Wildman–Crippen MR) is 54.3 cm³/mol. The van der Waals surface area contributed by atoms with Gasteiger partial charge in [0.05, 0.1) is 6.04 Å². The Labute approximate surface area is 88.0 Å². The van der Waals surface area contributed by atoms with E-state index in [0.717, 1.165) is 25.1 Å². The lowest BCUT2D eigenvalue weighted by molar-refractivity contribution is -0.137. The molecule has 0 aromatic heterocycles. The Hall–Kier alpha value is -1.52. The molecule has 2 aliphatic rings. The zero-order chi connectivity index (χ0) is 10.7. The summed E-state index contributed by atoms with van der Waals surface area (Å²) in [6.45, 7) is 0.520. The maximum Gasteiger partial charge on any atom is 0.303 e. The first-order valence-corrected chi connectivity index (χ1v) is 5.14. The van der Waals surface area contributed by atoms with Gasteiger partial charge in [0.1, 0.15) is 0 Å². The molecule has 5 nitrogen and oxygen atoms in total. The van der Waals surface area contributed by atoms with Gasteiger partial charge in [-0.2, -0.15) is 0 Å². The van der Waals surface area contributed by atoms with Gasteiger partial charge in [0.15, 0.2) is 12.6 Å². The average Bonchev–Trinajstić information content (AvgIpc) is 2.74. The third-order valence-electron chi connectivity index (χ3n) is 2.66. The van der Waals surface area contributed by atoms with Crippen LogP contribution in [0.15, 0.2) is 17.3 Å². The normalized spacial score (nSPS) is 22.5. The number of hydrogen-bond donors (Lipinski definition) is 1. The predicted octanol–water partition coefficient (Wildman–Crippen LogP) is 1.17. The number of unbranched alkanes of at least 4 members (excludes halogenated alkanes) is 1. The molecule has 2 heterocycles. The Balaban J connectivity index is 1.70. The molecule has 1 N–H and O–H groups in total. The first-order valence-electron chi connectivity index (χ1n) is 5.14. The van der Waals surface area contributed by atoms with Gasteiger partial charge in [-0.25, -0.2) is 0 Å². The van der Waals surface area contributed by atoms with E-state index in [0.29, 0.717) is 12.8 Å². The number of oxime groups is 1. The standard InChI is InChI=1S/C10H14N2O3/c13-10(14)4-2-1-3-8-5-6-9-11-15-7-12(8)9/h5-6,8H,1-4,7H2,(H,13,14). The third kappa shape index (κ3) is 2.29. The lowest BCUT2D eigenvalue weighted by Crippen LogP contribution is -2.31. The fraction of sp³-hybridized carbons (Fsp3) is 0.600. The fourth-order valence-electron chi connectivity index (χ4n) is 1.85. The molecule has 0 aromatic rings. The maximum absolute atomic E-state index is 10.3. The number of rotatable bonds is 5. The molecule has 0 spiro atoms. The van der Waals surface area contributed by atoms with E-state index < -0.39 is 5.97 Å². The van der Waals surface area contributed by atoms with Crippen molar-refractivity contribution in [3.8, 4) is 0 Å². The van der Waals surface area contributed by atoms with Crippen LogP contribution in [0.25, 0.3) is 0 Å². The molecule has 0 saturated carbocycles. The minimum atomic E-state index is -0.719. The highest BCUT2D eigenvalue weighted by Crippen LogP contribution is 2.21. The molecule has 5 heteroatoms. The minimum absolute atomic E-state index is 0.258. The van der Waals surface area contributed by atoms with E-state index in [-0.39, 0.29) is 6.42 Å². The van der Waals surface area contributed by atoms with Crippen molar-refractivity contribution >= 4 is 11.8 Å². The van der Waals surface area contributed by atoms with Crippen molar-refractivity contribution in [2.24, 2.45) is 5.16 Å². The lowest BCUT2D eigenvalue weighted by atomic mass is 10.1. The molecule has 0 radical (unpaired) electrons. The van der Waals surface area contributed by atoms with E-state index >= 15 is 0 Å². The Kier molecular flexibility index (Phi) is 2.89. The van der Waals surface area contributed by atoms with Crippen LogP contribution in [-0.2, 0) is 9.63 Å². The highest BCUT2D eigenvalue weighted by Gasteiger charge is 2.28. The second-order valence-electron chi connectivity index (χ2n) is 3.74. The fourth-order valence-corrected chi connectivity index (χ4v) is 1.85. The molecule has 2 rings (SSSR count). The quantitative estimate of drug-likeness (QED) is 0.692. The van der Waals surface area contributed by atoms with Crippen LogP contribution in [0.4, 0.5) is 0 Å². The Morgan fingerprint density at radius 3 is 3.33 bits per heavy atom. The molecule has 2 aliphatic heterocycles. The van der Waals surface area contributed by atoms with E-state index in [2.05, 4.69) is 16.1 Å². The number of hydrogen-bond acceptors (Lipinski definition) is 4. The van der Waals surface area contributed by atoms with E-state index in [1.54, 1.807) is 0 Å². The van der Waals surface area contributed by atoms with E-state index in [1.165, 1.54) is 0 Å². The SMILES string of the molecule is O=C(O)CCCCC1C=CC2=NOCN21. The van der Waals surface area contributed by atoms with Gasteiger partial charge in [-0.15, -0.1) is 0 Å². The Bertz CT molecular complexity index is 312. The van der Waals surface area contributed by atoms with Gasteiger partial charge in [-0.3, -0.25) is 4.79 Å². The van der Waals surface area contributed by atoms with Crippen molar-refractivity contribution in [1.29, 1.82) is 0 Å². The zero-order valence-electron chi connectivity index (χ0n) is 8.43. The van der Waals surface area contributed by atoms with Gasteiger partial charge in [-0.1, -0.05) is 17.7 Å². The largest absolute Gasteiger partial charge is 0.481 e. The number of carboxylic acid groups (broad SMARTS) is 1. The number of aliphatic carboxylic acids is 1. The summed E-state index contributed by atoms with van der Waals surface area (Å²) in [5.41, 5.74) is 0. The van der Waals surface area contributed by atoms with Crippen LogP contribution in [0.5, 0.6) is 0 Å². The van der Waals surface area contributed by atoms with Crippen LogP contribution < -0.4 is 0 Å². The first kappa shape index (κ1) is 10.0. The van der Waals surface area contributed by atoms with Crippen molar-refractivity contribution in [3.63, 3.8) is 0 Å². The molecule has 0 saturated heterocycles. The van der Waals surface area contributed by atoms with Crippen LogP contribution in [0.2, 0.25) is 0 Å². The number of carbonyl (C=O) groups is 1. The summed E-state index contributed by atoms with van der Waals surface area (Å²) in [5.74, 6) is 0.168. The smallest absolute Gasteiger partial charge is 0.303 e. The van der Waals surface area contributed by atoms with Crippen LogP contribution in [0.3, 0.4) is 0 Å². The molecule has 15 heavy (non-hydrogen) atoms. The Morgan fingerprint density at radius 2 is 2.53 bits per heavy atom. The van der Waals surface area contributed by atoms with Crippen LogP contribution >= 0.6 is 0 Å². The number of carboxylic acids is 1. The first-order chi connectivity index (χ1) is 7.27. The molecule has 1 atom stereocenters. The molecule has 82 valence electrons. The van der Waals surface area contributed by atoms with Crippen molar-refractivity contribution in [2.75, 3.05) is 6.73 Å². The van der Waals surface area contributed by atoms with Crippen molar-refractivity contribution in [2.45, 2.75) is 31.7 Å². The lowest BCUT2D eigenvalue weighted by Gasteiger charge is -2.19. The van der Waals surface area contributed by atoms with Gasteiger partial charge < -0.3 is 14.8 Å². The zero-order valence-corrected chi connectivity index (χ0v) is 8.43. The van der Waals surface area contributed by atoms with Crippen LogP contribution in [0.1, 0.15) is 25.7 Å². The number of fused-ring (bicyclic) bond motifs is 1. The van der Waals surface area contributed by atoms with Gasteiger partial charge in [-0.05, 0) is 18.9 Å².